The Morgan fingerprint density at radius 3 is 2.50 bits per heavy atom. The molecule has 0 aromatic heterocycles. The highest BCUT2D eigenvalue weighted by Gasteiger charge is 2.16. The number of benzene rings is 2. The van der Waals surface area contributed by atoms with Crippen LogP contribution in [-0.4, -0.2) is 11.6 Å². The fourth-order valence-electron chi connectivity index (χ4n) is 1.87. The molecule has 0 aliphatic carbocycles. The van der Waals surface area contributed by atoms with Crippen LogP contribution >= 0.6 is 0 Å². The third-order valence-electron chi connectivity index (χ3n) is 2.80. The molecule has 2 aromatic carbocycles. The molecule has 5 nitrogen and oxygen atoms in total. The lowest BCUT2D eigenvalue weighted by Crippen LogP contribution is -2.10. The van der Waals surface area contributed by atoms with Crippen LogP contribution in [0.2, 0.25) is 0 Å². The van der Waals surface area contributed by atoms with Gasteiger partial charge in [-0.3, -0.25) is 4.79 Å². The van der Waals surface area contributed by atoms with E-state index >= 15 is 0 Å². The van der Waals surface area contributed by atoms with E-state index in [1.165, 1.54) is 0 Å². The first kappa shape index (κ1) is 12.2. The fourth-order valence-corrected chi connectivity index (χ4v) is 1.87. The predicted octanol–water partition coefficient (Wildman–Crippen LogP) is 3.37. The zero-order chi connectivity index (χ0) is 13.8. The molecule has 0 atom stereocenters. The molecule has 0 spiro atoms. The molecule has 0 radical (unpaired) electrons. The van der Waals surface area contributed by atoms with Gasteiger partial charge in [-0.15, -0.1) is 5.10 Å². The van der Waals surface area contributed by atoms with E-state index in [-0.39, 0.29) is 5.91 Å². The molecule has 5 heteroatoms. The van der Waals surface area contributed by atoms with Crippen molar-refractivity contribution < 1.29 is 9.53 Å². The minimum Gasteiger partial charge on any atom is -0.457 e. The second-order valence-electron chi connectivity index (χ2n) is 4.28. The summed E-state index contributed by atoms with van der Waals surface area (Å²) in [6.07, 6.45) is 0.401. The summed E-state index contributed by atoms with van der Waals surface area (Å²) in [5.41, 5.74) is 1.28. The number of hydrogen-bond acceptors (Lipinski definition) is 4. The van der Waals surface area contributed by atoms with E-state index in [2.05, 4.69) is 15.4 Å². The molecule has 0 fully saturated rings. The van der Waals surface area contributed by atoms with Crippen molar-refractivity contribution in [1.29, 1.82) is 0 Å². The topological polar surface area (TPSA) is 63.4 Å². The van der Waals surface area contributed by atoms with E-state index in [1.54, 1.807) is 0 Å². The smallest absolute Gasteiger partial charge is 0.313 e. The van der Waals surface area contributed by atoms with Gasteiger partial charge in [0.2, 0.25) is 0 Å². The van der Waals surface area contributed by atoms with Gasteiger partial charge in [-0.1, -0.05) is 35.4 Å². The zero-order valence-electron chi connectivity index (χ0n) is 10.6. The largest absolute Gasteiger partial charge is 0.457 e. The van der Waals surface area contributed by atoms with Crippen LogP contribution in [0.15, 0.2) is 70.0 Å². The van der Waals surface area contributed by atoms with Crippen LogP contribution in [0, 0.1) is 0 Å². The van der Waals surface area contributed by atoms with Crippen LogP contribution in [-0.2, 0) is 11.2 Å². The van der Waals surface area contributed by atoms with Crippen molar-refractivity contribution in [2.24, 2.45) is 15.4 Å². The van der Waals surface area contributed by atoms with Crippen LogP contribution in [0.1, 0.15) is 5.56 Å². The molecular formula is C15H11N3O2. The molecule has 1 aliphatic rings. The second-order valence-corrected chi connectivity index (χ2v) is 4.28. The van der Waals surface area contributed by atoms with Gasteiger partial charge in [-0.25, -0.2) is 0 Å². The van der Waals surface area contributed by atoms with E-state index in [9.17, 15) is 4.79 Å². The molecule has 0 unspecified atom stereocenters. The Kier molecular flexibility index (Phi) is 3.33. The molecule has 2 aromatic rings. The van der Waals surface area contributed by atoms with E-state index in [0.717, 1.165) is 11.3 Å². The summed E-state index contributed by atoms with van der Waals surface area (Å²) in [6.45, 7) is 0. The van der Waals surface area contributed by atoms with E-state index in [0.29, 0.717) is 17.9 Å². The number of amides is 1. The highest BCUT2D eigenvalue weighted by molar-refractivity contribution is 6.40. The van der Waals surface area contributed by atoms with Gasteiger partial charge in [0, 0.05) is 6.42 Å². The normalized spacial score (nSPS) is 13.4. The number of ether oxygens (including phenoxy) is 1. The van der Waals surface area contributed by atoms with Crippen molar-refractivity contribution in [3.63, 3.8) is 0 Å². The average Bonchev–Trinajstić information content (AvgIpc) is 2.86. The number of para-hydroxylation sites is 1. The molecule has 0 saturated heterocycles. The monoisotopic (exact) mass is 265 g/mol. The van der Waals surface area contributed by atoms with Gasteiger partial charge in [0.05, 0.1) is 0 Å². The van der Waals surface area contributed by atoms with Gasteiger partial charge < -0.3 is 4.74 Å². The number of carbonyl (C=O) groups excluding carboxylic acids is 1. The Morgan fingerprint density at radius 2 is 1.75 bits per heavy atom. The van der Waals surface area contributed by atoms with Gasteiger partial charge >= 0.3 is 5.91 Å². The van der Waals surface area contributed by atoms with Crippen LogP contribution in [0.5, 0.6) is 11.5 Å². The Labute approximate surface area is 115 Å². The molecule has 98 valence electrons. The summed E-state index contributed by atoms with van der Waals surface area (Å²) >= 11 is 0. The van der Waals surface area contributed by atoms with Gasteiger partial charge in [0.25, 0.3) is 0 Å². The lowest BCUT2D eigenvalue weighted by molar-refractivity contribution is -0.112. The van der Waals surface area contributed by atoms with Crippen molar-refractivity contribution in [3.05, 3.63) is 60.2 Å². The van der Waals surface area contributed by atoms with Crippen molar-refractivity contribution in [2.75, 3.05) is 0 Å². The first-order chi connectivity index (χ1) is 9.81. The van der Waals surface area contributed by atoms with Crippen molar-refractivity contribution >= 4 is 11.6 Å². The lowest BCUT2D eigenvalue weighted by atomic mass is 10.1. The van der Waals surface area contributed by atoms with Crippen LogP contribution < -0.4 is 4.74 Å². The van der Waals surface area contributed by atoms with Crippen LogP contribution in [0.25, 0.3) is 0 Å². The molecule has 0 saturated carbocycles. The predicted molar refractivity (Wildman–Crippen MR) is 74.0 cm³/mol. The third kappa shape index (κ3) is 2.77. The zero-order valence-corrected chi connectivity index (χ0v) is 10.6. The Bertz CT molecular complexity index is 693. The highest BCUT2D eigenvalue weighted by atomic mass is 16.5. The van der Waals surface area contributed by atoms with Gasteiger partial charge in [0.1, 0.15) is 17.2 Å². The summed E-state index contributed by atoms with van der Waals surface area (Å²) in [7, 11) is 0. The van der Waals surface area contributed by atoms with E-state index < -0.39 is 0 Å². The molecule has 1 heterocycles. The van der Waals surface area contributed by atoms with Crippen LogP contribution in [0.4, 0.5) is 0 Å². The minimum absolute atomic E-state index is 0.349. The van der Waals surface area contributed by atoms with Crippen molar-refractivity contribution in [3.8, 4) is 11.5 Å². The van der Waals surface area contributed by atoms with E-state index in [4.69, 9.17) is 4.74 Å². The van der Waals surface area contributed by atoms with Gasteiger partial charge in [-0.05, 0) is 35.1 Å². The Balaban J connectivity index is 1.75. The standard InChI is InChI=1S/C15H11N3O2/c19-15-14(16-18-17-15)10-11-5-4-8-13(9-11)20-12-6-2-1-3-7-12/h1-9H,10H2. The molecule has 0 bridgehead atoms. The number of rotatable bonds is 4. The first-order valence-electron chi connectivity index (χ1n) is 6.15. The van der Waals surface area contributed by atoms with Crippen molar-refractivity contribution in [2.45, 2.75) is 6.42 Å². The fraction of sp³-hybridized carbons (Fsp3) is 0.0667. The Morgan fingerprint density at radius 1 is 0.950 bits per heavy atom. The maximum atomic E-state index is 11.3. The molecule has 0 N–H and O–H groups in total. The number of nitrogens with zero attached hydrogens (tertiary/aromatic N) is 3. The summed E-state index contributed by atoms with van der Waals surface area (Å²) < 4.78 is 5.74. The average molecular weight is 265 g/mol. The summed E-state index contributed by atoms with van der Waals surface area (Å²) in [5.74, 6) is 1.11. The summed E-state index contributed by atoms with van der Waals surface area (Å²) in [6, 6.07) is 17.0. The van der Waals surface area contributed by atoms with Crippen LogP contribution in [0.3, 0.4) is 0 Å². The number of carbonyl (C=O) groups is 1. The summed E-state index contributed by atoms with van der Waals surface area (Å²) in [5, 5.41) is 10.4. The Hall–Kier alpha value is -2.82. The van der Waals surface area contributed by atoms with Gasteiger partial charge in [0.15, 0.2) is 0 Å². The third-order valence-corrected chi connectivity index (χ3v) is 2.80. The molecule has 20 heavy (non-hydrogen) atoms. The summed E-state index contributed by atoms with van der Waals surface area (Å²) in [4.78, 5) is 11.3. The molecule has 1 amide bonds. The van der Waals surface area contributed by atoms with Gasteiger partial charge in [-0.2, -0.15) is 0 Å². The quantitative estimate of drug-likeness (QED) is 0.850. The van der Waals surface area contributed by atoms with Crippen molar-refractivity contribution in [1.82, 2.24) is 0 Å². The maximum Gasteiger partial charge on any atom is 0.313 e. The second kappa shape index (κ2) is 5.44. The molecule has 3 rings (SSSR count). The highest BCUT2D eigenvalue weighted by Crippen LogP contribution is 2.22. The molecular weight excluding hydrogens is 254 g/mol. The number of hydrogen-bond donors (Lipinski definition) is 0. The maximum absolute atomic E-state index is 11.3. The first-order valence-corrected chi connectivity index (χ1v) is 6.15. The SMILES string of the molecule is O=C1N=NN=C1Cc1cccc(Oc2ccccc2)c1. The van der Waals surface area contributed by atoms with E-state index in [1.807, 2.05) is 54.6 Å². The minimum atomic E-state index is -0.376. The molecule has 1 aliphatic heterocycles. The lowest BCUT2D eigenvalue weighted by Gasteiger charge is -2.07.